The highest BCUT2D eigenvalue weighted by molar-refractivity contribution is 9.10. The van der Waals surface area contributed by atoms with Gasteiger partial charge in [0.05, 0.1) is 7.11 Å². The van der Waals surface area contributed by atoms with Gasteiger partial charge in [-0.15, -0.1) is 0 Å². The lowest BCUT2D eigenvalue weighted by atomic mass is 9.69. The molecule has 0 aliphatic heterocycles. The van der Waals surface area contributed by atoms with Crippen molar-refractivity contribution in [3.63, 3.8) is 0 Å². The maximum atomic E-state index is 5.33. The summed E-state index contributed by atoms with van der Waals surface area (Å²) < 4.78 is 6.39. The summed E-state index contributed by atoms with van der Waals surface area (Å²) in [6.45, 7) is 7.16. The molecule has 118 valence electrons. The zero-order valence-corrected chi connectivity index (χ0v) is 15.3. The van der Waals surface area contributed by atoms with Crippen LogP contribution in [0, 0.1) is 11.3 Å². The molecule has 0 bridgehead atoms. The molecule has 1 aromatic carbocycles. The van der Waals surface area contributed by atoms with Crippen molar-refractivity contribution in [3.8, 4) is 5.75 Å². The van der Waals surface area contributed by atoms with Crippen molar-refractivity contribution in [2.45, 2.75) is 58.9 Å². The van der Waals surface area contributed by atoms with Crippen molar-refractivity contribution < 1.29 is 4.74 Å². The summed E-state index contributed by atoms with van der Waals surface area (Å²) in [5.74, 6) is 1.77. The van der Waals surface area contributed by atoms with Crippen LogP contribution in [-0.4, -0.2) is 13.2 Å². The van der Waals surface area contributed by atoms with Crippen LogP contribution in [0.15, 0.2) is 22.7 Å². The van der Waals surface area contributed by atoms with E-state index in [-0.39, 0.29) is 0 Å². The van der Waals surface area contributed by atoms with Crippen LogP contribution in [0.25, 0.3) is 0 Å². The average molecular weight is 354 g/mol. The predicted molar refractivity (Wildman–Crippen MR) is 94.1 cm³/mol. The van der Waals surface area contributed by atoms with E-state index in [1.807, 2.05) is 6.07 Å². The maximum Gasteiger partial charge on any atom is 0.122 e. The van der Waals surface area contributed by atoms with Crippen LogP contribution in [0.3, 0.4) is 0 Å². The molecule has 0 unspecified atom stereocenters. The van der Waals surface area contributed by atoms with E-state index in [0.29, 0.717) is 11.5 Å². The molecule has 0 saturated heterocycles. The van der Waals surface area contributed by atoms with Crippen LogP contribution in [-0.2, 0) is 0 Å². The number of anilines is 1. The highest BCUT2D eigenvalue weighted by Crippen LogP contribution is 2.41. The summed E-state index contributed by atoms with van der Waals surface area (Å²) in [4.78, 5) is 0. The van der Waals surface area contributed by atoms with Crippen LogP contribution in [0.4, 0.5) is 5.69 Å². The van der Waals surface area contributed by atoms with Gasteiger partial charge in [-0.2, -0.15) is 0 Å². The molecule has 2 rings (SSSR count). The van der Waals surface area contributed by atoms with Gasteiger partial charge in [-0.25, -0.2) is 0 Å². The highest BCUT2D eigenvalue weighted by atomic mass is 79.9. The third-order valence-corrected chi connectivity index (χ3v) is 5.68. The van der Waals surface area contributed by atoms with Crippen LogP contribution in [0.5, 0.6) is 5.75 Å². The molecule has 0 aromatic heterocycles. The van der Waals surface area contributed by atoms with Gasteiger partial charge in [-0.1, -0.05) is 43.1 Å². The van der Waals surface area contributed by atoms with Gasteiger partial charge in [-0.05, 0) is 49.1 Å². The number of nitrogens with one attached hydrogen (secondary N) is 1. The zero-order chi connectivity index (χ0) is 15.5. The van der Waals surface area contributed by atoms with Crippen molar-refractivity contribution in [1.29, 1.82) is 0 Å². The molecule has 0 heterocycles. The topological polar surface area (TPSA) is 21.3 Å². The van der Waals surface area contributed by atoms with Gasteiger partial charge >= 0.3 is 0 Å². The van der Waals surface area contributed by atoms with Gasteiger partial charge in [0.15, 0.2) is 0 Å². The first kappa shape index (κ1) is 16.7. The highest BCUT2D eigenvalue weighted by Gasteiger charge is 2.31. The molecule has 21 heavy (non-hydrogen) atoms. The van der Waals surface area contributed by atoms with E-state index in [4.69, 9.17) is 4.74 Å². The van der Waals surface area contributed by atoms with Crippen molar-refractivity contribution >= 4 is 21.6 Å². The molecule has 1 fully saturated rings. The molecule has 1 aromatic rings. The van der Waals surface area contributed by atoms with Crippen LogP contribution in [0.2, 0.25) is 0 Å². The smallest absolute Gasteiger partial charge is 0.122 e. The first-order valence-electron chi connectivity index (χ1n) is 8.05. The molecular formula is C18H28BrNO. The Balaban J connectivity index is 1.93. The van der Waals surface area contributed by atoms with E-state index >= 15 is 0 Å². The minimum atomic E-state index is 0.490. The molecule has 0 amide bonds. The number of halogens is 1. The monoisotopic (exact) mass is 353 g/mol. The summed E-state index contributed by atoms with van der Waals surface area (Å²) >= 11 is 3.54. The predicted octanol–water partition coefficient (Wildman–Crippen LogP) is 5.86. The minimum Gasteiger partial charge on any atom is -0.497 e. The first-order valence-corrected chi connectivity index (χ1v) is 8.85. The lowest BCUT2D eigenvalue weighted by Gasteiger charge is -2.39. The van der Waals surface area contributed by atoms with E-state index in [9.17, 15) is 0 Å². The summed E-state index contributed by atoms with van der Waals surface area (Å²) in [5, 5.41) is 3.68. The van der Waals surface area contributed by atoms with Gasteiger partial charge in [0.1, 0.15) is 5.75 Å². The largest absolute Gasteiger partial charge is 0.497 e. The molecule has 1 N–H and O–H groups in total. The number of hydrogen-bond donors (Lipinski definition) is 1. The number of benzene rings is 1. The summed E-state index contributed by atoms with van der Waals surface area (Å²) in [6.07, 6.45) is 6.48. The molecule has 0 atom stereocenters. The van der Waals surface area contributed by atoms with Gasteiger partial charge in [0.2, 0.25) is 0 Å². The molecular weight excluding hydrogens is 326 g/mol. The van der Waals surface area contributed by atoms with E-state index < -0.39 is 0 Å². The molecule has 0 radical (unpaired) electrons. The minimum absolute atomic E-state index is 0.490. The summed E-state index contributed by atoms with van der Waals surface area (Å²) in [7, 11) is 1.71. The number of methoxy groups -OCH3 is 1. The van der Waals surface area contributed by atoms with E-state index in [1.165, 1.54) is 32.1 Å². The van der Waals surface area contributed by atoms with Gasteiger partial charge in [0, 0.05) is 22.3 Å². The third kappa shape index (κ3) is 4.38. The first-order chi connectivity index (χ1) is 9.94. The number of ether oxygens (including phenoxy) is 1. The molecule has 1 saturated carbocycles. The lowest BCUT2D eigenvalue weighted by Crippen LogP contribution is -2.32. The van der Waals surface area contributed by atoms with Crippen molar-refractivity contribution in [1.82, 2.24) is 0 Å². The number of hydrogen-bond acceptors (Lipinski definition) is 2. The second kappa shape index (κ2) is 7.04. The van der Waals surface area contributed by atoms with Crippen LogP contribution >= 0.6 is 15.9 Å². The summed E-state index contributed by atoms with van der Waals surface area (Å²) in [5.41, 5.74) is 1.64. The standard InChI is InChI=1S/C18H28BrNO/c1-5-18(2,3)13-6-8-15(9-7-13)20-16-10-14(19)11-17(12-16)21-4/h10-13,15,20H,5-9H2,1-4H3. The Morgan fingerprint density at radius 3 is 2.43 bits per heavy atom. The van der Waals surface area contributed by atoms with Crippen molar-refractivity contribution in [3.05, 3.63) is 22.7 Å². The van der Waals surface area contributed by atoms with Crippen molar-refractivity contribution in [2.75, 3.05) is 12.4 Å². The van der Waals surface area contributed by atoms with Gasteiger partial charge in [-0.3, -0.25) is 0 Å². The van der Waals surface area contributed by atoms with Crippen LogP contribution in [0.1, 0.15) is 52.9 Å². The normalized spacial score (nSPS) is 22.9. The molecule has 0 spiro atoms. The van der Waals surface area contributed by atoms with Gasteiger partial charge < -0.3 is 10.1 Å². The Morgan fingerprint density at radius 2 is 1.86 bits per heavy atom. The molecule has 3 heteroatoms. The third-order valence-electron chi connectivity index (χ3n) is 5.22. The van der Waals surface area contributed by atoms with Crippen LogP contribution < -0.4 is 10.1 Å². The molecule has 1 aliphatic rings. The fourth-order valence-corrected chi connectivity index (χ4v) is 3.78. The van der Waals surface area contributed by atoms with E-state index in [0.717, 1.165) is 21.8 Å². The lowest BCUT2D eigenvalue weighted by molar-refractivity contribution is 0.147. The molecule has 2 nitrogen and oxygen atoms in total. The summed E-state index contributed by atoms with van der Waals surface area (Å²) in [6, 6.07) is 6.79. The second-order valence-corrected chi connectivity index (χ2v) is 7.83. The number of rotatable bonds is 5. The fraction of sp³-hybridized carbons (Fsp3) is 0.667. The van der Waals surface area contributed by atoms with E-state index in [2.05, 4.69) is 54.2 Å². The second-order valence-electron chi connectivity index (χ2n) is 6.91. The average Bonchev–Trinajstić information content (AvgIpc) is 2.47. The Bertz CT molecular complexity index is 464. The van der Waals surface area contributed by atoms with Crippen molar-refractivity contribution in [2.24, 2.45) is 11.3 Å². The fourth-order valence-electron chi connectivity index (χ4n) is 3.31. The molecule has 1 aliphatic carbocycles. The van der Waals surface area contributed by atoms with E-state index in [1.54, 1.807) is 7.11 Å². The zero-order valence-electron chi connectivity index (χ0n) is 13.7. The Morgan fingerprint density at radius 1 is 1.19 bits per heavy atom. The van der Waals surface area contributed by atoms with Gasteiger partial charge in [0.25, 0.3) is 0 Å². The maximum absolute atomic E-state index is 5.33. The Kier molecular flexibility index (Phi) is 5.59. The quantitative estimate of drug-likeness (QED) is 0.715. The SMILES string of the molecule is CCC(C)(C)C1CCC(Nc2cc(Br)cc(OC)c2)CC1. The Hall–Kier alpha value is -0.700. The Labute approximate surface area is 137 Å².